The number of likely N-dealkylation sites (tertiary alicyclic amines) is 1. The number of amides is 1. The Balaban J connectivity index is 1.60. The highest BCUT2D eigenvalue weighted by Gasteiger charge is 2.46. The fourth-order valence-electron chi connectivity index (χ4n) is 2.93. The molecule has 3 heteroatoms. The predicted octanol–water partition coefficient (Wildman–Crippen LogP) is 3.03. The topological polar surface area (TPSA) is 20.3 Å². The lowest BCUT2D eigenvalue weighted by molar-refractivity contribution is -0.131. The first-order valence-electron chi connectivity index (χ1n) is 6.69. The molecule has 1 heterocycles. The summed E-state index contributed by atoms with van der Waals surface area (Å²) in [6, 6.07) is 10.4. The molecule has 2 fully saturated rings. The molecule has 1 aromatic rings. The molecule has 0 radical (unpaired) electrons. The largest absolute Gasteiger partial charge is 0.342 e. The Labute approximate surface area is 116 Å². The van der Waals surface area contributed by atoms with Crippen LogP contribution in [0.2, 0.25) is 0 Å². The summed E-state index contributed by atoms with van der Waals surface area (Å²) in [7, 11) is 0. The highest BCUT2D eigenvalue weighted by Crippen LogP contribution is 2.48. The van der Waals surface area contributed by atoms with Crippen molar-refractivity contribution in [1.82, 2.24) is 4.90 Å². The smallest absolute Gasteiger partial charge is 0.226 e. The maximum absolute atomic E-state index is 12.4. The van der Waals surface area contributed by atoms with E-state index in [1.54, 1.807) is 0 Å². The molecule has 2 aliphatic rings. The molecule has 1 aliphatic carbocycles. The van der Waals surface area contributed by atoms with Gasteiger partial charge >= 0.3 is 0 Å². The van der Waals surface area contributed by atoms with Crippen LogP contribution in [0.15, 0.2) is 30.3 Å². The third-order valence-corrected chi connectivity index (χ3v) is 5.07. The summed E-state index contributed by atoms with van der Waals surface area (Å²) < 4.78 is 0. The van der Waals surface area contributed by atoms with Gasteiger partial charge in [0, 0.05) is 24.3 Å². The quantitative estimate of drug-likeness (QED) is 0.786. The van der Waals surface area contributed by atoms with Crippen molar-refractivity contribution in [3.05, 3.63) is 35.9 Å². The van der Waals surface area contributed by atoms with Gasteiger partial charge in [0.1, 0.15) is 0 Å². The minimum atomic E-state index is 0.251. The molecule has 1 saturated heterocycles. The molecule has 96 valence electrons. The predicted molar refractivity (Wildman–Crippen MR) is 75.8 cm³/mol. The second kappa shape index (κ2) is 5.04. The fourth-order valence-corrected chi connectivity index (χ4v) is 3.46. The molecule has 3 unspecified atom stereocenters. The van der Waals surface area contributed by atoms with E-state index in [9.17, 15) is 4.79 Å². The van der Waals surface area contributed by atoms with E-state index in [-0.39, 0.29) is 5.92 Å². The summed E-state index contributed by atoms with van der Waals surface area (Å²) in [6.45, 7) is 1.90. The van der Waals surface area contributed by atoms with Gasteiger partial charge in [-0.05, 0) is 30.2 Å². The Morgan fingerprint density at radius 3 is 2.78 bits per heavy atom. The van der Waals surface area contributed by atoms with Crippen LogP contribution >= 0.6 is 15.9 Å². The molecule has 3 atom stereocenters. The van der Waals surface area contributed by atoms with Crippen LogP contribution in [-0.2, 0) is 4.79 Å². The average molecular weight is 308 g/mol. The van der Waals surface area contributed by atoms with Crippen molar-refractivity contribution in [1.29, 1.82) is 0 Å². The summed E-state index contributed by atoms with van der Waals surface area (Å²) in [6.07, 6.45) is 2.19. The summed E-state index contributed by atoms with van der Waals surface area (Å²) in [4.78, 5) is 14.4. The van der Waals surface area contributed by atoms with Crippen LogP contribution in [0.1, 0.15) is 24.3 Å². The van der Waals surface area contributed by atoms with Gasteiger partial charge in [-0.25, -0.2) is 0 Å². The first-order valence-corrected chi connectivity index (χ1v) is 7.81. The lowest BCUT2D eigenvalue weighted by atomic mass is 10.1. The normalized spacial score (nSPS) is 30.5. The van der Waals surface area contributed by atoms with Crippen molar-refractivity contribution in [2.45, 2.75) is 18.8 Å². The van der Waals surface area contributed by atoms with Crippen molar-refractivity contribution in [3.63, 3.8) is 0 Å². The Kier molecular flexibility index (Phi) is 3.42. The molecule has 3 rings (SSSR count). The highest BCUT2D eigenvalue weighted by atomic mass is 79.9. The van der Waals surface area contributed by atoms with Crippen molar-refractivity contribution in [2.24, 2.45) is 11.8 Å². The monoisotopic (exact) mass is 307 g/mol. The second-order valence-corrected chi connectivity index (χ2v) is 6.10. The Bertz CT molecular complexity index is 433. The first kappa shape index (κ1) is 12.2. The van der Waals surface area contributed by atoms with Crippen LogP contribution in [-0.4, -0.2) is 29.2 Å². The zero-order valence-corrected chi connectivity index (χ0v) is 12.0. The maximum atomic E-state index is 12.4. The van der Waals surface area contributed by atoms with E-state index in [2.05, 4.69) is 45.1 Å². The van der Waals surface area contributed by atoms with Gasteiger partial charge in [-0.2, -0.15) is 0 Å². The number of alkyl halides is 1. The zero-order valence-electron chi connectivity index (χ0n) is 10.4. The minimum Gasteiger partial charge on any atom is -0.342 e. The number of halogens is 1. The van der Waals surface area contributed by atoms with E-state index in [4.69, 9.17) is 0 Å². The van der Waals surface area contributed by atoms with Gasteiger partial charge in [-0.15, -0.1) is 0 Å². The van der Waals surface area contributed by atoms with Crippen molar-refractivity contribution < 1.29 is 4.79 Å². The van der Waals surface area contributed by atoms with Gasteiger partial charge in [-0.3, -0.25) is 4.79 Å². The zero-order chi connectivity index (χ0) is 12.5. The number of hydrogen-bond donors (Lipinski definition) is 0. The van der Waals surface area contributed by atoms with Gasteiger partial charge < -0.3 is 4.90 Å². The molecule has 1 aromatic carbocycles. The van der Waals surface area contributed by atoms with Crippen molar-refractivity contribution in [2.75, 3.05) is 18.4 Å². The van der Waals surface area contributed by atoms with Gasteiger partial charge in [0.25, 0.3) is 0 Å². The van der Waals surface area contributed by atoms with Crippen LogP contribution in [0, 0.1) is 11.8 Å². The van der Waals surface area contributed by atoms with E-state index < -0.39 is 0 Å². The summed E-state index contributed by atoms with van der Waals surface area (Å²) in [5, 5.41) is 1.02. The van der Waals surface area contributed by atoms with Crippen LogP contribution < -0.4 is 0 Å². The number of carbonyl (C=O) groups is 1. The van der Waals surface area contributed by atoms with E-state index in [1.165, 1.54) is 5.56 Å². The highest BCUT2D eigenvalue weighted by molar-refractivity contribution is 9.09. The molecular weight excluding hydrogens is 290 g/mol. The summed E-state index contributed by atoms with van der Waals surface area (Å²) in [5.41, 5.74) is 1.33. The van der Waals surface area contributed by atoms with Crippen LogP contribution in [0.5, 0.6) is 0 Å². The first-order chi connectivity index (χ1) is 8.79. The SMILES string of the molecule is O=C(C1CC1c1ccccc1)N1CCC(CBr)C1. The van der Waals surface area contributed by atoms with Crippen LogP contribution in [0.4, 0.5) is 0 Å². The summed E-state index contributed by atoms with van der Waals surface area (Å²) in [5.74, 6) is 1.76. The molecule has 0 spiro atoms. The van der Waals surface area contributed by atoms with Crippen molar-refractivity contribution >= 4 is 21.8 Å². The van der Waals surface area contributed by atoms with E-state index >= 15 is 0 Å². The number of benzene rings is 1. The molecule has 0 bridgehead atoms. The molecule has 0 aromatic heterocycles. The van der Waals surface area contributed by atoms with Crippen molar-refractivity contribution in [3.8, 4) is 0 Å². The summed E-state index contributed by atoms with van der Waals surface area (Å²) >= 11 is 3.52. The third-order valence-electron chi connectivity index (χ3n) is 4.15. The van der Waals surface area contributed by atoms with Gasteiger partial charge in [-0.1, -0.05) is 46.3 Å². The molecular formula is C15H18BrNO. The molecule has 1 amide bonds. The van der Waals surface area contributed by atoms with Crippen LogP contribution in [0.3, 0.4) is 0 Å². The number of nitrogens with zero attached hydrogens (tertiary/aromatic N) is 1. The maximum Gasteiger partial charge on any atom is 0.226 e. The minimum absolute atomic E-state index is 0.251. The lowest BCUT2D eigenvalue weighted by Crippen LogP contribution is -2.30. The standard InChI is InChI=1S/C15H18BrNO/c16-9-11-6-7-17(10-11)15(18)14-8-13(14)12-4-2-1-3-5-12/h1-5,11,13-14H,6-10H2. The van der Waals surface area contributed by atoms with Gasteiger partial charge in [0.15, 0.2) is 0 Å². The Morgan fingerprint density at radius 1 is 1.33 bits per heavy atom. The van der Waals surface area contributed by atoms with Gasteiger partial charge in [0.05, 0.1) is 0 Å². The molecule has 1 aliphatic heterocycles. The molecule has 2 nitrogen and oxygen atoms in total. The van der Waals surface area contributed by atoms with E-state index in [1.807, 2.05) is 6.07 Å². The molecule has 18 heavy (non-hydrogen) atoms. The van der Waals surface area contributed by atoms with E-state index in [0.29, 0.717) is 17.7 Å². The Morgan fingerprint density at radius 2 is 2.11 bits per heavy atom. The second-order valence-electron chi connectivity index (χ2n) is 5.45. The average Bonchev–Trinajstić information content (AvgIpc) is 3.08. The molecule has 1 saturated carbocycles. The van der Waals surface area contributed by atoms with Crippen LogP contribution in [0.25, 0.3) is 0 Å². The van der Waals surface area contributed by atoms with Gasteiger partial charge in [0.2, 0.25) is 5.91 Å². The Hall–Kier alpha value is -0.830. The number of carbonyl (C=O) groups excluding carboxylic acids is 1. The fraction of sp³-hybridized carbons (Fsp3) is 0.533. The molecule has 0 N–H and O–H groups in total. The third kappa shape index (κ3) is 2.33. The lowest BCUT2D eigenvalue weighted by Gasteiger charge is -2.16. The van der Waals surface area contributed by atoms with E-state index in [0.717, 1.165) is 31.3 Å². The number of rotatable bonds is 3. The number of hydrogen-bond acceptors (Lipinski definition) is 1.